The van der Waals surface area contributed by atoms with E-state index in [4.69, 9.17) is 23.2 Å². The van der Waals surface area contributed by atoms with E-state index in [-0.39, 0.29) is 23.9 Å². The third kappa shape index (κ3) is 6.20. The molecule has 2 aromatic carbocycles. The van der Waals surface area contributed by atoms with Gasteiger partial charge in [-0.15, -0.1) is 0 Å². The first-order valence-corrected chi connectivity index (χ1v) is 11.7. The quantitative estimate of drug-likeness (QED) is 0.643. The van der Waals surface area contributed by atoms with Gasteiger partial charge in [0.15, 0.2) is 0 Å². The maximum absolute atomic E-state index is 13.6. The first-order chi connectivity index (χ1) is 13.7. The first-order valence-electron chi connectivity index (χ1n) is 9.53. The van der Waals surface area contributed by atoms with Gasteiger partial charge in [0.05, 0.1) is 21.5 Å². The van der Waals surface area contributed by atoms with Gasteiger partial charge in [0.25, 0.3) is 0 Å². The minimum Gasteiger partial charge on any atom is -0.350 e. The maximum Gasteiger partial charge on any atom is 0.244 e. The van der Waals surface area contributed by atoms with Crippen LogP contribution in [0.3, 0.4) is 0 Å². The monoisotopic (exact) mass is 470 g/mol. The van der Waals surface area contributed by atoms with Crippen LogP contribution in [0.1, 0.15) is 43.0 Å². The Labute approximate surface area is 189 Å². The summed E-state index contributed by atoms with van der Waals surface area (Å²) in [6, 6.07) is 8.58. The van der Waals surface area contributed by atoms with Crippen LogP contribution in [0.5, 0.6) is 0 Å². The van der Waals surface area contributed by atoms with Gasteiger partial charge in [-0.2, -0.15) is 4.31 Å². The van der Waals surface area contributed by atoms with Gasteiger partial charge in [0.1, 0.15) is 0 Å². The zero-order valence-electron chi connectivity index (χ0n) is 18.1. The number of benzene rings is 2. The van der Waals surface area contributed by atoms with E-state index in [0.717, 1.165) is 5.56 Å². The van der Waals surface area contributed by atoms with Crippen LogP contribution in [0, 0.1) is 20.8 Å². The van der Waals surface area contributed by atoms with Crippen molar-refractivity contribution in [1.29, 1.82) is 0 Å². The Morgan fingerprint density at radius 3 is 2.07 bits per heavy atom. The van der Waals surface area contributed by atoms with Crippen molar-refractivity contribution in [2.45, 2.75) is 58.5 Å². The van der Waals surface area contributed by atoms with Crippen molar-refractivity contribution < 1.29 is 13.2 Å². The molecule has 1 N–H and O–H groups in total. The highest BCUT2D eigenvalue weighted by Crippen LogP contribution is 2.28. The molecular weight excluding hydrogens is 443 g/mol. The van der Waals surface area contributed by atoms with E-state index in [1.165, 1.54) is 4.31 Å². The highest BCUT2D eigenvalue weighted by Gasteiger charge is 2.30. The van der Waals surface area contributed by atoms with Crippen molar-refractivity contribution in [2.24, 2.45) is 0 Å². The van der Waals surface area contributed by atoms with Gasteiger partial charge < -0.3 is 5.32 Å². The van der Waals surface area contributed by atoms with Crippen molar-refractivity contribution >= 4 is 39.1 Å². The van der Waals surface area contributed by atoms with Crippen LogP contribution in [-0.4, -0.2) is 30.7 Å². The molecule has 0 unspecified atom stereocenters. The molecule has 164 valence electrons. The molecule has 0 heterocycles. The highest BCUT2D eigenvalue weighted by molar-refractivity contribution is 7.89. The molecule has 5 nitrogen and oxygen atoms in total. The second-order valence-electron chi connectivity index (χ2n) is 8.55. The molecule has 0 spiro atoms. The van der Waals surface area contributed by atoms with E-state index < -0.39 is 15.6 Å². The van der Waals surface area contributed by atoms with Crippen LogP contribution < -0.4 is 5.32 Å². The van der Waals surface area contributed by atoms with Gasteiger partial charge >= 0.3 is 0 Å². The van der Waals surface area contributed by atoms with Crippen LogP contribution in [0.15, 0.2) is 35.2 Å². The summed E-state index contributed by atoms with van der Waals surface area (Å²) in [4.78, 5) is 12.8. The molecule has 8 heteroatoms. The summed E-state index contributed by atoms with van der Waals surface area (Å²) in [7, 11) is -3.95. The number of rotatable bonds is 6. The molecular formula is C22H28Cl2N2O3S. The summed E-state index contributed by atoms with van der Waals surface area (Å²) in [6.45, 7) is 10.7. The molecule has 0 aromatic heterocycles. The predicted molar refractivity (Wildman–Crippen MR) is 123 cm³/mol. The van der Waals surface area contributed by atoms with Crippen LogP contribution in [-0.2, 0) is 21.4 Å². The molecule has 30 heavy (non-hydrogen) atoms. The Morgan fingerprint density at radius 2 is 1.57 bits per heavy atom. The number of nitrogens with one attached hydrogen (secondary N) is 1. The van der Waals surface area contributed by atoms with E-state index in [1.54, 1.807) is 32.0 Å². The lowest BCUT2D eigenvalue weighted by molar-refractivity contribution is -0.122. The van der Waals surface area contributed by atoms with Crippen molar-refractivity contribution in [2.75, 3.05) is 6.54 Å². The van der Waals surface area contributed by atoms with Crippen LogP contribution in [0.2, 0.25) is 10.0 Å². The minimum absolute atomic E-state index is 0.0104. The average Bonchev–Trinajstić information content (AvgIpc) is 2.54. The fourth-order valence-corrected chi connectivity index (χ4v) is 5.50. The maximum atomic E-state index is 13.6. The molecule has 0 saturated heterocycles. The molecule has 0 aliphatic rings. The second-order valence-corrected chi connectivity index (χ2v) is 11.2. The zero-order valence-corrected chi connectivity index (χ0v) is 20.5. The zero-order chi connectivity index (χ0) is 22.9. The van der Waals surface area contributed by atoms with E-state index in [1.807, 2.05) is 39.8 Å². The van der Waals surface area contributed by atoms with Crippen LogP contribution in [0.4, 0.5) is 0 Å². The molecule has 2 rings (SSSR count). The lowest BCUT2D eigenvalue weighted by Crippen LogP contribution is -2.47. The number of halogens is 2. The number of carbonyl (C=O) groups is 1. The third-order valence-corrected chi connectivity index (χ3v) is 7.22. The Bertz CT molecular complexity index is 1040. The number of aryl methyl sites for hydroxylation is 3. The van der Waals surface area contributed by atoms with Gasteiger partial charge in [-0.3, -0.25) is 4.79 Å². The lowest BCUT2D eigenvalue weighted by atomic mass is 10.1. The number of sulfonamides is 1. The largest absolute Gasteiger partial charge is 0.350 e. The van der Waals surface area contributed by atoms with Gasteiger partial charge in [-0.1, -0.05) is 47.0 Å². The molecule has 0 bridgehead atoms. The summed E-state index contributed by atoms with van der Waals surface area (Å²) in [5.74, 6) is -0.381. The van der Waals surface area contributed by atoms with E-state index in [9.17, 15) is 13.2 Å². The predicted octanol–water partition coefficient (Wildman–Crippen LogP) is 5.02. The molecule has 0 radical (unpaired) electrons. The number of nitrogens with zero attached hydrogens (tertiary/aromatic N) is 1. The normalized spacial score (nSPS) is 12.3. The fourth-order valence-electron chi connectivity index (χ4n) is 3.39. The number of amides is 1. The van der Waals surface area contributed by atoms with E-state index >= 15 is 0 Å². The molecule has 1 amide bonds. The van der Waals surface area contributed by atoms with Crippen LogP contribution in [0.25, 0.3) is 0 Å². The summed E-state index contributed by atoms with van der Waals surface area (Å²) >= 11 is 12.1. The Balaban J connectivity index is 2.51. The summed E-state index contributed by atoms with van der Waals surface area (Å²) in [5, 5.41) is 3.53. The molecule has 0 aliphatic carbocycles. The third-order valence-electron chi connectivity index (χ3n) is 4.38. The topological polar surface area (TPSA) is 66.5 Å². The molecule has 0 saturated carbocycles. The average molecular weight is 471 g/mol. The Kier molecular flexibility index (Phi) is 7.62. The molecule has 0 fully saturated rings. The fraction of sp³-hybridized carbons (Fsp3) is 0.409. The Hall–Kier alpha value is -1.60. The number of hydrogen-bond acceptors (Lipinski definition) is 3. The number of hydrogen-bond donors (Lipinski definition) is 1. The summed E-state index contributed by atoms with van der Waals surface area (Å²) in [5.41, 5.74) is 2.42. The molecule has 0 aliphatic heterocycles. The van der Waals surface area contributed by atoms with Crippen molar-refractivity contribution in [3.8, 4) is 0 Å². The van der Waals surface area contributed by atoms with Gasteiger partial charge in [0.2, 0.25) is 15.9 Å². The van der Waals surface area contributed by atoms with Crippen molar-refractivity contribution in [3.63, 3.8) is 0 Å². The summed E-state index contributed by atoms with van der Waals surface area (Å²) in [6.07, 6.45) is 0. The van der Waals surface area contributed by atoms with Gasteiger partial charge in [0, 0.05) is 12.1 Å². The van der Waals surface area contributed by atoms with Gasteiger partial charge in [-0.05, 0) is 70.4 Å². The second kappa shape index (κ2) is 9.27. The minimum atomic E-state index is -3.95. The van der Waals surface area contributed by atoms with E-state index in [2.05, 4.69) is 5.32 Å². The smallest absolute Gasteiger partial charge is 0.244 e. The van der Waals surface area contributed by atoms with Crippen molar-refractivity contribution in [3.05, 3.63) is 62.6 Å². The highest BCUT2D eigenvalue weighted by atomic mass is 35.5. The molecule has 0 atom stereocenters. The molecule has 2 aromatic rings. The number of carbonyl (C=O) groups excluding carboxylic acids is 1. The van der Waals surface area contributed by atoms with E-state index in [0.29, 0.717) is 26.7 Å². The first kappa shape index (κ1) is 24.7. The SMILES string of the molecule is Cc1cc(C)c(S(=O)(=O)N(CC(=O)NC(C)(C)C)Cc2ccc(Cl)c(Cl)c2)c(C)c1. The Morgan fingerprint density at radius 1 is 1.00 bits per heavy atom. The van der Waals surface area contributed by atoms with Gasteiger partial charge in [-0.25, -0.2) is 8.42 Å². The van der Waals surface area contributed by atoms with Crippen molar-refractivity contribution in [1.82, 2.24) is 9.62 Å². The standard InChI is InChI=1S/C22H28Cl2N2O3S/c1-14-9-15(2)21(16(3)10-14)30(28,29)26(13-20(27)25-22(4,5)6)12-17-7-8-18(23)19(24)11-17/h7-11H,12-13H2,1-6H3,(H,25,27). The van der Waals surface area contributed by atoms with Crippen LogP contribution >= 0.6 is 23.2 Å². The lowest BCUT2D eigenvalue weighted by Gasteiger charge is -2.27. The summed E-state index contributed by atoms with van der Waals surface area (Å²) < 4.78 is 28.4.